The minimum Gasteiger partial charge on any atom is -0.396 e. The Balaban J connectivity index is 2.07. The van der Waals surface area contributed by atoms with Gasteiger partial charge in [-0.1, -0.05) is 13.3 Å². The van der Waals surface area contributed by atoms with E-state index in [9.17, 15) is 0 Å². The summed E-state index contributed by atoms with van der Waals surface area (Å²) in [5.41, 5.74) is 0. The zero-order valence-corrected chi connectivity index (χ0v) is 8.05. The first kappa shape index (κ1) is 10.0. The van der Waals surface area contributed by atoms with E-state index in [0.29, 0.717) is 12.6 Å². The van der Waals surface area contributed by atoms with Gasteiger partial charge in [-0.3, -0.25) is 0 Å². The van der Waals surface area contributed by atoms with E-state index in [0.717, 1.165) is 18.9 Å². The van der Waals surface area contributed by atoms with Crippen LogP contribution in [0.2, 0.25) is 0 Å². The van der Waals surface area contributed by atoms with Crippen LogP contribution in [0.4, 0.5) is 0 Å². The van der Waals surface area contributed by atoms with Gasteiger partial charge in [0.25, 0.3) is 0 Å². The van der Waals surface area contributed by atoms with Gasteiger partial charge < -0.3 is 10.4 Å². The maximum atomic E-state index is 8.71. The zero-order chi connectivity index (χ0) is 8.81. The molecule has 1 unspecified atom stereocenters. The first-order valence-corrected chi connectivity index (χ1v) is 5.23. The van der Waals surface area contributed by atoms with Gasteiger partial charge in [-0.05, 0) is 32.1 Å². The van der Waals surface area contributed by atoms with Gasteiger partial charge >= 0.3 is 0 Å². The highest BCUT2D eigenvalue weighted by Crippen LogP contribution is 2.21. The molecule has 0 spiro atoms. The van der Waals surface area contributed by atoms with E-state index in [2.05, 4.69) is 12.2 Å². The van der Waals surface area contributed by atoms with E-state index in [1.807, 2.05) is 0 Å². The molecule has 0 aromatic carbocycles. The van der Waals surface area contributed by atoms with Crippen molar-refractivity contribution in [1.29, 1.82) is 0 Å². The number of aliphatic hydroxyl groups is 1. The predicted octanol–water partition coefficient (Wildman–Crippen LogP) is 1.68. The maximum absolute atomic E-state index is 8.71. The van der Waals surface area contributed by atoms with Crippen molar-refractivity contribution >= 4 is 0 Å². The number of aliphatic hydroxyl groups excluding tert-OH is 1. The molecule has 1 atom stereocenters. The molecular formula is C10H21NO. The molecule has 2 nitrogen and oxygen atoms in total. The Labute approximate surface area is 75.4 Å². The second kappa shape index (κ2) is 5.55. The van der Waals surface area contributed by atoms with Crippen molar-refractivity contribution in [2.75, 3.05) is 6.61 Å². The lowest BCUT2D eigenvalue weighted by Crippen LogP contribution is -2.30. The van der Waals surface area contributed by atoms with Crippen molar-refractivity contribution in [3.63, 3.8) is 0 Å². The van der Waals surface area contributed by atoms with Gasteiger partial charge in [0.15, 0.2) is 0 Å². The first-order valence-electron chi connectivity index (χ1n) is 5.23. The molecule has 2 N–H and O–H groups in total. The molecule has 1 saturated carbocycles. The summed E-state index contributed by atoms with van der Waals surface area (Å²) >= 11 is 0. The topological polar surface area (TPSA) is 32.3 Å². The van der Waals surface area contributed by atoms with E-state index >= 15 is 0 Å². The Bertz CT molecular complexity index is 112. The van der Waals surface area contributed by atoms with Crippen molar-refractivity contribution in [1.82, 2.24) is 5.32 Å². The van der Waals surface area contributed by atoms with Gasteiger partial charge in [-0.2, -0.15) is 0 Å². The van der Waals surface area contributed by atoms with E-state index in [1.165, 1.54) is 25.7 Å². The standard InChI is InChI=1S/C10H21NO/c1-2-4-9(5-3-8-12)11-10-6-7-10/h9-12H,2-8H2,1H3. The molecule has 0 heterocycles. The van der Waals surface area contributed by atoms with Gasteiger partial charge in [0.2, 0.25) is 0 Å². The third-order valence-electron chi connectivity index (χ3n) is 2.40. The summed E-state index contributed by atoms with van der Waals surface area (Å²) < 4.78 is 0. The van der Waals surface area contributed by atoms with Crippen molar-refractivity contribution in [3.05, 3.63) is 0 Å². The number of hydrogen-bond acceptors (Lipinski definition) is 2. The highest BCUT2D eigenvalue weighted by atomic mass is 16.2. The summed E-state index contributed by atoms with van der Waals surface area (Å²) in [6, 6.07) is 1.47. The van der Waals surface area contributed by atoms with Crippen LogP contribution in [0.1, 0.15) is 45.4 Å². The average molecular weight is 171 g/mol. The van der Waals surface area contributed by atoms with Crippen LogP contribution in [0.15, 0.2) is 0 Å². The summed E-state index contributed by atoms with van der Waals surface area (Å²) in [6.45, 7) is 2.56. The van der Waals surface area contributed by atoms with Gasteiger partial charge in [0.1, 0.15) is 0 Å². The number of hydrogen-bond donors (Lipinski definition) is 2. The molecule has 1 aliphatic carbocycles. The van der Waals surface area contributed by atoms with Crippen LogP contribution in [0.5, 0.6) is 0 Å². The van der Waals surface area contributed by atoms with E-state index < -0.39 is 0 Å². The summed E-state index contributed by atoms with van der Waals surface area (Å²) in [5.74, 6) is 0. The molecule has 12 heavy (non-hydrogen) atoms. The summed E-state index contributed by atoms with van der Waals surface area (Å²) in [5, 5.41) is 12.3. The van der Waals surface area contributed by atoms with Crippen LogP contribution in [0.3, 0.4) is 0 Å². The van der Waals surface area contributed by atoms with Crippen LogP contribution in [-0.4, -0.2) is 23.8 Å². The highest BCUT2D eigenvalue weighted by molar-refractivity contribution is 4.84. The maximum Gasteiger partial charge on any atom is 0.0431 e. The molecule has 0 saturated heterocycles. The third kappa shape index (κ3) is 4.07. The second-order valence-electron chi connectivity index (χ2n) is 3.79. The van der Waals surface area contributed by atoms with Crippen LogP contribution >= 0.6 is 0 Å². The van der Waals surface area contributed by atoms with Crippen molar-refractivity contribution in [2.45, 2.75) is 57.5 Å². The van der Waals surface area contributed by atoms with E-state index in [1.54, 1.807) is 0 Å². The third-order valence-corrected chi connectivity index (χ3v) is 2.40. The van der Waals surface area contributed by atoms with Crippen molar-refractivity contribution in [3.8, 4) is 0 Å². The fourth-order valence-electron chi connectivity index (χ4n) is 1.58. The first-order chi connectivity index (χ1) is 5.86. The fraction of sp³-hybridized carbons (Fsp3) is 1.00. The van der Waals surface area contributed by atoms with E-state index in [-0.39, 0.29) is 0 Å². The molecule has 0 aromatic heterocycles. The predicted molar refractivity (Wildman–Crippen MR) is 51.2 cm³/mol. The summed E-state index contributed by atoms with van der Waals surface area (Å²) in [6.07, 6.45) is 7.32. The molecule has 0 aliphatic heterocycles. The minimum absolute atomic E-state index is 0.340. The quantitative estimate of drug-likeness (QED) is 0.611. The van der Waals surface area contributed by atoms with Crippen molar-refractivity contribution in [2.24, 2.45) is 0 Å². The van der Waals surface area contributed by atoms with Crippen LogP contribution in [-0.2, 0) is 0 Å². The molecule has 72 valence electrons. The van der Waals surface area contributed by atoms with Crippen LogP contribution in [0, 0.1) is 0 Å². The Morgan fingerprint density at radius 2 is 2.17 bits per heavy atom. The molecule has 1 fully saturated rings. The number of nitrogens with one attached hydrogen (secondary N) is 1. The van der Waals surface area contributed by atoms with Crippen LogP contribution < -0.4 is 5.32 Å². The second-order valence-corrected chi connectivity index (χ2v) is 3.79. The molecular weight excluding hydrogens is 150 g/mol. The Kier molecular flexibility index (Phi) is 4.62. The van der Waals surface area contributed by atoms with Crippen LogP contribution in [0.25, 0.3) is 0 Å². The molecule has 1 rings (SSSR count). The SMILES string of the molecule is CCCC(CCCO)NC1CC1. The Hall–Kier alpha value is -0.0800. The smallest absolute Gasteiger partial charge is 0.0431 e. The lowest BCUT2D eigenvalue weighted by atomic mass is 10.1. The monoisotopic (exact) mass is 171 g/mol. The van der Waals surface area contributed by atoms with Crippen molar-refractivity contribution < 1.29 is 5.11 Å². The minimum atomic E-state index is 0.340. The zero-order valence-electron chi connectivity index (χ0n) is 8.05. The number of rotatable bonds is 7. The van der Waals surface area contributed by atoms with Gasteiger partial charge in [0, 0.05) is 18.7 Å². The lowest BCUT2D eigenvalue weighted by molar-refractivity contribution is 0.272. The Morgan fingerprint density at radius 3 is 2.67 bits per heavy atom. The molecule has 0 amide bonds. The summed E-state index contributed by atoms with van der Waals surface area (Å²) in [4.78, 5) is 0. The normalized spacial score (nSPS) is 19.5. The molecule has 0 aromatic rings. The molecule has 2 heteroatoms. The van der Waals surface area contributed by atoms with Gasteiger partial charge in [-0.15, -0.1) is 0 Å². The fourth-order valence-corrected chi connectivity index (χ4v) is 1.58. The average Bonchev–Trinajstić information content (AvgIpc) is 2.84. The highest BCUT2D eigenvalue weighted by Gasteiger charge is 2.23. The summed E-state index contributed by atoms with van der Waals surface area (Å²) in [7, 11) is 0. The van der Waals surface area contributed by atoms with Gasteiger partial charge in [-0.25, -0.2) is 0 Å². The molecule has 0 bridgehead atoms. The lowest BCUT2D eigenvalue weighted by Gasteiger charge is -2.16. The molecule has 1 aliphatic rings. The largest absolute Gasteiger partial charge is 0.396 e. The van der Waals surface area contributed by atoms with Gasteiger partial charge in [0.05, 0.1) is 0 Å². The molecule has 0 radical (unpaired) electrons. The Morgan fingerprint density at radius 1 is 1.42 bits per heavy atom. The van der Waals surface area contributed by atoms with E-state index in [4.69, 9.17) is 5.11 Å².